The minimum Gasteiger partial charge on any atom is -0.494 e. The number of aromatic nitrogens is 2. The van der Waals surface area contributed by atoms with Crippen LogP contribution in [0.2, 0.25) is 0 Å². The van der Waals surface area contributed by atoms with Gasteiger partial charge < -0.3 is 18.5 Å². The van der Waals surface area contributed by atoms with Gasteiger partial charge in [-0.15, -0.1) is 0 Å². The predicted octanol–water partition coefficient (Wildman–Crippen LogP) is 4.28. The zero-order valence-electron chi connectivity index (χ0n) is 15.3. The number of rotatable bonds is 5. The first-order chi connectivity index (χ1) is 13.6. The van der Waals surface area contributed by atoms with E-state index in [1.54, 1.807) is 6.07 Å². The molecule has 0 spiro atoms. The molecule has 4 rings (SSSR count). The van der Waals surface area contributed by atoms with Crippen molar-refractivity contribution in [3.05, 3.63) is 72.2 Å². The molecule has 6 nitrogen and oxygen atoms in total. The third kappa shape index (κ3) is 3.11. The van der Waals surface area contributed by atoms with E-state index in [2.05, 4.69) is 9.72 Å². The number of fused-ring (bicyclic) bond motifs is 1. The highest BCUT2D eigenvalue weighted by molar-refractivity contribution is 5.88. The summed E-state index contributed by atoms with van der Waals surface area (Å²) >= 11 is 0. The molecule has 2 aromatic heterocycles. The van der Waals surface area contributed by atoms with Gasteiger partial charge in [0.1, 0.15) is 6.26 Å². The molecule has 28 heavy (non-hydrogen) atoms. The van der Waals surface area contributed by atoms with Crippen molar-refractivity contribution < 1.29 is 23.1 Å². The number of hydrogen-bond acceptors (Lipinski definition) is 5. The van der Waals surface area contributed by atoms with Crippen molar-refractivity contribution in [2.24, 2.45) is 0 Å². The van der Waals surface area contributed by atoms with E-state index in [0.29, 0.717) is 11.4 Å². The number of carbonyl (C=O) groups excluding carboxylic acids is 1. The molecule has 0 amide bonds. The summed E-state index contributed by atoms with van der Waals surface area (Å²) in [6, 6.07) is 14.8. The van der Waals surface area contributed by atoms with Crippen LogP contribution in [0.15, 0.2) is 59.2 Å². The number of carbonyl (C=O) groups is 1. The third-order valence-corrected chi connectivity index (χ3v) is 4.48. The van der Waals surface area contributed by atoms with Crippen LogP contribution >= 0.6 is 0 Å². The molecule has 2 heterocycles. The van der Waals surface area contributed by atoms with E-state index in [1.165, 1.54) is 26.5 Å². The molecule has 0 atom stereocenters. The second-order valence-corrected chi connectivity index (χ2v) is 6.15. The highest BCUT2D eigenvalue weighted by Gasteiger charge is 2.18. The fourth-order valence-electron chi connectivity index (χ4n) is 3.15. The Morgan fingerprint density at radius 2 is 1.96 bits per heavy atom. The van der Waals surface area contributed by atoms with Gasteiger partial charge in [-0.25, -0.2) is 14.2 Å². The van der Waals surface area contributed by atoms with Crippen LogP contribution in [-0.4, -0.2) is 29.7 Å². The first-order valence-electron chi connectivity index (χ1n) is 8.55. The first-order valence-corrected chi connectivity index (χ1v) is 8.55. The van der Waals surface area contributed by atoms with Crippen LogP contribution in [0.1, 0.15) is 16.4 Å². The van der Waals surface area contributed by atoms with Gasteiger partial charge in [-0.05, 0) is 17.7 Å². The summed E-state index contributed by atoms with van der Waals surface area (Å²) in [5.41, 5.74) is 2.57. The molecule has 0 N–H and O–H groups in total. The van der Waals surface area contributed by atoms with E-state index in [4.69, 9.17) is 9.15 Å². The van der Waals surface area contributed by atoms with Gasteiger partial charge in [0.15, 0.2) is 17.3 Å². The monoisotopic (exact) mass is 380 g/mol. The lowest BCUT2D eigenvalue weighted by Gasteiger charge is -2.09. The van der Waals surface area contributed by atoms with Gasteiger partial charge in [-0.1, -0.05) is 30.3 Å². The van der Waals surface area contributed by atoms with Gasteiger partial charge >= 0.3 is 5.97 Å². The van der Waals surface area contributed by atoms with Crippen LogP contribution in [0.25, 0.3) is 22.2 Å². The summed E-state index contributed by atoms with van der Waals surface area (Å²) in [7, 11) is 2.71. The van der Waals surface area contributed by atoms with Crippen molar-refractivity contribution in [2.45, 2.75) is 6.54 Å². The van der Waals surface area contributed by atoms with Crippen LogP contribution < -0.4 is 4.74 Å². The van der Waals surface area contributed by atoms with E-state index in [1.807, 2.05) is 41.0 Å². The molecule has 0 unspecified atom stereocenters. The molecule has 0 aliphatic carbocycles. The maximum Gasteiger partial charge on any atom is 0.360 e. The van der Waals surface area contributed by atoms with E-state index in [0.717, 1.165) is 16.6 Å². The van der Waals surface area contributed by atoms with Gasteiger partial charge in [-0.3, -0.25) is 0 Å². The zero-order valence-corrected chi connectivity index (χ0v) is 15.3. The molecule has 4 aromatic rings. The third-order valence-electron chi connectivity index (χ3n) is 4.48. The molecule has 0 bridgehead atoms. The molecular formula is C21H17FN2O4. The van der Waals surface area contributed by atoms with Crippen LogP contribution in [-0.2, 0) is 11.3 Å². The number of ether oxygens (including phenoxy) is 2. The second kappa shape index (κ2) is 7.19. The maximum absolute atomic E-state index is 14.4. The van der Waals surface area contributed by atoms with Crippen LogP contribution in [0.3, 0.4) is 0 Å². The average Bonchev–Trinajstić information content (AvgIpc) is 3.33. The van der Waals surface area contributed by atoms with Crippen LogP contribution in [0.5, 0.6) is 5.75 Å². The molecule has 0 fully saturated rings. The van der Waals surface area contributed by atoms with Gasteiger partial charge in [0.05, 0.1) is 26.3 Å². The Hall–Kier alpha value is -3.61. The predicted molar refractivity (Wildman–Crippen MR) is 101 cm³/mol. The molecule has 142 valence electrons. The Balaban J connectivity index is 1.86. The van der Waals surface area contributed by atoms with Crippen molar-refractivity contribution in [1.82, 2.24) is 9.55 Å². The largest absolute Gasteiger partial charge is 0.494 e. The highest BCUT2D eigenvalue weighted by atomic mass is 19.1. The number of oxazole rings is 1. The number of methoxy groups -OCH3 is 2. The van der Waals surface area contributed by atoms with E-state index >= 15 is 0 Å². The van der Waals surface area contributed by atoms with Crippen molar-refractivity contribution in [3.8, 4) is 17.0 Å². The minimum atomic E-state index is -0.577. The van der Waals surface area contributed by atoms with E-state index in [9.17, 15) is 9.18 Å². The Labute approximate surface area is 160 Å². The number of nitrogens with zero attached hydrogens (tertiary/aromatic N) is 2. The van der Waals surface area contributed by atoms with Gasteiger partial charge in [0.25, 0.3) is 0 Å². The summed E-state index contributed by atoms with van der Waals surface area (Å²) in [5.74, 6) is -0.553. The maximum atomic E-state index is 14.4. The van der Waals surface area contributed by atoms with E-state index < -0.39 is 11.8 Å². The van der Waals surface area contributed by atoms with Gasteiger partial charge in [-0.2, -0.15) is 0 Å². The zero-order chi connectivity index (χ0) is 19.7. The SMILES string of the molecule is COC(=O)c1coc(Cn2c(-c3ccccc3)cc3cc(OC)c(F)cc32)n1. The molecule has 0 saturated carbocycles. The Bertz CT molecular complexity index is 1150. The minimum absolute atomic E-state index is 0.0862. The van der Waals surface area contributed by atoms with Gasteiger partial charge in [0.2, 0.25) is 5.89 Å². The fourth-order valence-corrected chi connectivity index (χ4v) is 3.15. The van der Waals surface area contributed by atoms with Crippen molar-refractivity contribution in [3.63, 3.8) is 0 Å². The molecule has 0 radical (unpaired) electrons. The lowest BCUT2D eigenvalue weighted by atomic mass is 10.1. The lowest BCUT2D eigenvalue weighted by molar-refractivity contribution is 0.0594. The Morgan fingerprint density at radius 3 is 2.68 bits per heavy atom. The summed E-state index contributed by atoms with van der Waals surface area (Å²) in [6.45, 7) is 0.219. The molecule has 7 heteroatoms. The second-order valence-electron chi connectivity index (χ2n) is 6.15. The quantitative estimate of drug-likeness (QED) is 0.484. The summed E-state index contributed by atoms with van der Waals surface area (Å²) in [5, 5.41) is 0.817. The number of halogens is 1. The standard InChI is InChI=1S/C21H17FN2O4/c1-26-19-9-14-8-17(13-6-4-3-5-7-13)24(18(14)10-15(19)22)11-20-23-16(12-28-20)21(25)27-2/h3-10,12H,11H2,1-2H3. The molecule has 0 aliphatic heterocycles. The molecule has 2 aromatic carbocycles. The number of benzene rings is 2. The van der Waals surface area contributed by atoms with Crippen molar-refractivity contribution in [1.29, 1.82) is 0 Å². The summed E-state index contributed by atoms with van der Waals surface area (Å²) in [6.07, 6.45) is 1.25. The lowest BCUT2D eigenvalue weighted by Crippen LogP contribution is -2.05. The average molecular weight is 380 g/mol. The van der Waals surface area contributed by atoms with Crippen LogP contribution in [0.4, 0.5) is 4.39 Å². The van der Waals surface area contributed by atoms with Crippen molar-refractivity contribution >= 4 is 16.9 Å². The molecular weight excluding hydrogens is 363 g/mol. The van der Waals surface area contributed by atoms with Crippen LogP contribution in [0, 0.1) is 5.82 Å². The Morgan fingerprint density at radius 1 is 1.18 bits per heavy atom. The summed E-state index contributed by atoms with van der Waals surface area (Å²) < 4.78 is 31.4. The highest BCUT2D eigenvalue weighted by Crippen LogP contribution is 2.32. The normalized spacial score (nSPS) is 11.0. The number of hydrogen-bond donors (Lipinski definition) is 0. The fraction of sp³-hybridized carbons (Fsp3) is 0.143. The number of esters is 1. The van der Waals surface area contributed by atoms with Gasteiger partial charge in [0, 0.05) is 17.1 Å². The smallest absolute Gasteiger partial charge is 0.360 e. The summed E-state index contributed by atoms with van der Waals surface area (Å²) in [4.78, 5) is 15.8. The first kappa shape index (κ1) is 17.8. The van der Waals surface area contributed by atoms with E-state index in [-0.39, 0.29) is 18.0 Å². The topological polar surface area (TPSA) is 66.5 Å². The van der Waals surface area contributed by atoms with Crippen molar-refractivity contribution in [2.75, 3.05) is 14.2 Å². The Kier molecular flexibility index (Phi) is 4.57. The molecule has 0 saturated heterocycles. The molecule has 0 aliphatic rings.